The van der Waals surface area contributed by atoms with Gasteiger partial charge in [0.05, 0.1) is 24.8 Å². The maximum Gasteiger partial charge on any atom is 0.264 e. The number of carbonyl (C=O) groups excluding carboxylic acids is 2. The van der Waals surface area contributed by atoms with Crippen LogP contribution in [0.3, 0.4) is 0 Å². The lowest BCUT2D eigenvalue weighted by Gasteiger charge is -2.33. The van der Waals surface area contributed by atoms with Gasteiger partial charge in [-0.05, 0) is 73.4 Å². The van der Waals surface area contributed by atoms with Gasteiger partial charge in [0.2, 0.25) is 11.8 Å². The van der Waals surface area contributed by atoms with Crippen molar-refractivity contribution >= 4 is 50.7 Å². The van der Waals surface area contributed by atoms with Crippen molar-refractivity contribution in [2.45, 2.75) is 62.6 Å². The molecule has 0 heterocycles. The molecule has 0 aliphatic heterocycles. The lowest BCUT2D eigenvalue weighted by molar-refractivity contribution is -0.140. The highest BCUT2D eigenvalue weighted by molar-refractivity contribution is 7.92. The van der Waals surface area contributed by atoms with Crippen molar-refractivity contribution in [1.29, 1.82) is 0 Å². The van der Waals surface area contributed by atoms with Gasteiger partial charge in [-0.3, -0.25) is 13.9 Å². The standard InChI is InChI=1S/C32H37Cl2N3O6S/c1-4-28(32(39)35-25-7-5-6-8-25)36(20-22-9-11-23(33)12-10-22)31(38)21-37(26-15-13-24(34)14-16-26)44(40,41)27-17-18-29(42-2)30(19-27)43-3/h9-19,25,28H,4-8,20-21H2,1-3H3,(H,35,39). The lowest BCUT2D eigenvalue weighted by Crippen LogP contribution is -2.53. The van der Waals surface area contributed by atoms with Gasteiger partial charge in [-0.15, -0.1) is 0 Å². The molecule has 1 N–H and O–H groups in total. The number of nitrogens with one attached hydrogen (secondary N) is 1. The summed E-state index contributed by atoms with van der Waals surface area (Å²) in [5.74, 6) is -0.237. The van der Waals surface area contributed by atoms with Gasteiger partial charge in [-0.25, -0.2) is 8.42 Å². The van der Waals surface area contributed by atoms with Crippen molar-refractivity contribution in [3.05, 3.63) is 82.3 Å². The zero-order valence-electron chi connectivity index (χ0n) is 25.0. The van der Waals surface area contributed by atoms with Crippen LogP contribution in [0.5, 0.6) is 11.5 Å². The maximum atomic E-state index is 14.3. The Bertz CT molecular complexity index is 1550. The Morgan fingerprint density at radius 1 is 0.909 bits per heavy atom. The number of anilines is 1. The molecule has 1 unspecified atom stereocenters. The van der Waals surface area contributed by atoms with Crippen molar-refractivity contribution in [3.8, 4) is 11.5 Å². The molecule has 3 aromatic rings. The summed E-state index contributed by atoms with van der Waals surface area (Å²) in [5.41, 5.74) is 0.975. The second-order valence-electron chi connectivity index (χ2n) is 10.6. The normalized spacial score (nSPS) is 14.1. The van der Waals surface area contributed by atoms with E-state index in [0.717, 1.165) is 35.6 Å². The summed E-state index contributed by atoms with van der Waals surface area (Å²) in [4.78, 5) is 29.2. The predicted octanol–water partition coefficient (Wildman–Crippen LogP) is 6.07. The van der Waals surface area contributed by atoms with Gasteiger partial charge >= 0.3 is 0 Å². The van der Waals surface area contributed by atoms with Crippen LogP contribution in [0.25, 0.3) is 0 Å². The van der Waals surface area contributed by atoms with E-state index < -0.39 is 28.5 Å². The van der Waals surface area contributed by atoms with E-state index in [-0.39, 0.29) is 34.8 Å². The van der Waals surface area contributed by atoms with Gasteiger partial charge in [0.1, 0.15) is 12.6 Å². The maximum absolute atomic E-state index is 14.3. The van der Waals surface area contributed by atoms with Crippen LogP contribution in [0.15, 0.2) is 71.6 Å². The van der Waals surface area contributed by atoms with E-state index >= 15 is 0 Å². The van der Waals surface area contributed by atoms with Crippen molar-refractivity contribution in [2.24, 2.45) is 0 Å². The monoisotopic (exact) mass is 661 g/mol. The van der Waals surface area contributed by atoms with Crippen LogP contribution in [0.2, 0.25) is 10.0 Å². The van der Waals surface area contributed by atoms with Crippen LogP contribution in [0.4, 0.5) is 5.69 Å². The lowest BCUT2D eigenvalue weighted by atomic mass is 10.1. The third-order valence-corrected chi connectivity index (χ3v) is 9.96. The Morgan fingerprint density at radius 3 is 2.07 bits per heavy atom. The molecule has 0 spiro atoms. The molecular weight excluding hydrogens is 625 g/mol. The number of nitrogens with zero attached hydrogens (tertiary/aromatic N) is 2. The number of rotatable bonds is 13. The number of sulfonamides is 1. The average molecular weight is 663 g/mol. The quantitative estimate of drug-likeness (QED) is 0.238. The Hall–Kier alpha value is -3.47. The van der Waals surface area contributed by atoms with Gasteiger partial charge in [0.15, 0.2) is 11.5 Å². The van der Waals surface area contributed by atoms with Gasteiger partial charge in [-0.1, -0.05) is 55.1 Å². The fraction of sp³-hybridized carbons (Fsp3) is 0.375. The summed E-state index contributed by atoms with van der Waals surface area (Å²) in [7, 11) is -1.45. The smallest absolute Gasteiger partial charge is 0.264 e. The number of amides is 2. The zero-order valence-corrected chi connectivity index (χ0v) is 27.3. The van der Waals surface area contributed by atoms with Crippen molar-refractivity contribution in [3.63, 3.8) is 0 Å². The number of hydrogen-bond acceptors (Lipinski definition) is 6. The summed E-state index contributed by atoms with van der Waals surface area (Å²) < 4.78 is 40.0. The first kappa shape index (κ1) is 33.4. The van der Waals surface area contributed by atoms with Crippen LogP contribution in [0, 0.1) is 0 Å². The first-order valence-electron chi connectivity index (χ1n) is 14.4. The molecule has 0 bridgehead atoms. The van der Waals surface area contributed by atoms with Crippen molar-refractivity contribution in [2.75, 3.05) is 25.1 Å². The molecule has 12 heteroatoms. The molecule has 236 valence electrons. The fourth-order valence-corrected chi connectivity index (χ4v) is 7.00. The number of ether oxygens (including phenoxy) is 2. The Kier molecular flexibility index (Phi) is 11.4. The molecule has 0 aromatic heterocycles. The van der Waals surface area contributed by atoms with E-state index in [2.05, 4.69) is 5.32 Å². The number of hydrogen-bond donors (Lipinski definition) is 1. The van der Waals surface area contributed by atoms with Crippen LogP contribution in [-0.2, 0) is 26.2 Å². The first-order chi connectivity index (χ1) is 21.1. The molecule has 1 saturated carbocycles. The van der Waals surface area contributed by atoms with Crippen LogP contribution < -0.4 is 19.1 Å². The van der Waals surface area contributed by atoms with E-state index in [4.69, 9.17) is 32.7 Å². The van der Waals surface area contributed by atoms with E-state index in [1.807, 2.05) is 6.92 Å². The fourth-order valence-electron chi connectivity index (χ4n) is 5.31. The summed E-state index contributed by atoms with van der Waals surface area (Å²) in [5, 5.41) is 4.04. The molecule has 44 heavy (non-hydrogen) atoms. The van der Waals surface area contributed by atoms with E-state index in [9.17, 15) is 18.0 Å². The molecular formula is C32H37Cl2N3O6S. The number of carbonyl (C=O) groups is 2. The Labute approximate surface area is 269 Å². The van der Waals surface area contributed by atoms with Gasteiger partial charge in [0.25, 0.3) is 10.0 Å². The summed E-state index contributed by atoms with van der Waals surface area (Å²) in [6, 6.07) is 16.6. The molecule has 0 radical (unpaired) electrons. The summed E-state index contributed by atoms with van der Waals surface area (Å²) >= 11 is 12.2. The minimum Gasteiger partial charge on any atom is -0.493 e. The SMILES string of the molecule is CCC(C(=O)NC1CCCC1)N(Cc1ccc(Cl)cc1)C(=O)CN(c1ccc(Cl)cc1)S(=O)(=O)c1ccc(OC)c(OC)c1. The highest BCUT2D eigenvalue weighted by atomic mass is 35.5. The minimum atomic E-state index is -4.31. The zero-order chi connectivity index (χ0) is 31.9. The molecule has 1 aliphatic carbocycles. The Morgan fingerprint density at radius 2 is 1.50 bits per heavy atom. The van der Waals surface area contributed by atoms with Gasteiger partial charge < -0.3 is 19.7 Å². The average Bonchev–Trinajstić information content (AvgIpc) is 3.53. The van der Waals surface area contributed by atoms with Crippen LogP contribution in [0.1, 0.15) is 44.6 Å². The van der Waals surface area contributed by atoms with E-state index in [1.54, 1.807) is 36.4 Å². The summed E-state index contributed by atoms with van der Waals surface area (Å²) in [6.45, 7) is 1.34. The molecule has 2 amide bonds. The molecule has 4 rings (SSSR count). The third kappa shape index (κ3) is 7.97. The highest BCUT2D eigenvalue weighted by Crippen LogP contribution is 2.33. The largest absolute Gasteiger partial charge is 0.493 e. The number of halogens is 2. The van der Waals surface area contributed by atoms with Gasteiger partial charge in [-0.2, -0.15) is 0 Å². The Balaban J connectivity index is 1.73. The molecule has 1 aliphatic rings. The van der Waals surface area contributed by atoms with Crippen LogP contribution in [-0.4, -0.2) is 58.0 Å². The topological polar surface area (TPSA) is 105 Å². The summed E-state index contributed by atoms with van der Waals surface area (Å²) in [6.07, 6.45) is 4.20. The van der Waals surface area contributed by atoms with E-state index in [1.165, 1.54) is 49.5 Å². The highest BCUT2D eigenvalue weighted by Gasteiger charge is 2.35. The van der Waals surface area contributed by atoms with Gasteiger partial charge in [0, 0.05) is 28.7 Å². The molecule has 1 atom stereocenters. The second kappa shape index (κ2) is 15.0. The van der Waals surface area contributed by atoms with Crippen molar-refractivity contribution < 1.29 is 27.5 Å². The molecule has 9 nitrogen and oxygen atoms in total. The molecule has 3 aromatic carbocycles. The first-order valence-corrected chi connectivity index (χ1v) is 16.6. The number of benzene rings is 3. The third-order valence-electron chi connectivity index (χ3n) is 7.69. The predicted molar refractivity (Wildman–Crippen MR) is 172 cm³/mol. The number of methoxy groups -OCH3 is 2. The molecule has 1 fully saturated rings. The van der Waals surface area contributed by atoms with Crippen LogP contribution >= 0.6 is 23.2 Å². The second-order valence-corrected chi connectivity index (χ2v) is 13.3. The van der Waals surface area contributed by atoms with Crippen molar-refractivity contribution in [1.82, 2.24) is 10.2 Å². The minimum absolute atomic E-state index is 0.0556. The molecule has 0 saturated heterocycles. The van der Waals surface area contributed by atoms with E-state index in [0.29, 0.717) is 22.2 Å².